The molecule has 8 heteroatoms. The van der Waals surface area contributed by atoms with Crippen LogP contribution in [-0.2, 0) is 0 Å². The van der Waals surface area contributed by atoms with Crippen molar-refractivity contribution < 1.29 is 35.5 Å². The fourth-order valence-electron chi connectivity index (χ4n) is 3.50. The molecule has 38 heavy (non-hydrogen) atoms. The predicted octanol–water partition coefficient (Wildman–Crippen LogP) is 7.79. The van der Waals surface area contributed by atoms with E-state index < -0.39 is 51.8 Å². The summed E-state index contributed by atoms with van der Waals surface area (Å²) in [6, 6.07) is 8.15. The first-order chi connectivity index (χ1) is 18.2. The Kier molecular flexibility index (Phi) is 7.93. The molecule has 0 aliphatic carbocycles. The molecule has 0 N–H and O–H groups in total. The van der Waals surface area contributed by atoms with E-state index >= 15 is 0 Å². The lowest BCUT2D eigenvalue weighted by molar-refractivity contribution is 0.306. The van der Waals surface area contributed by atoms with E-state index in [1.54, 1.807) is 0 Å². The molecule has 4 rings (SSSR count). The summed E-state index contributed by atoms with van der Waals surface area (Å²) >= 11 is 0. The van der Waals surface area contributed by atoms with Crippen molar-refractivity contribution in [1.82, 2.24) is 0 Å². The van der Waals surface area contributed by atoms with Crippen LogP contribution < -0.4 is 4.74 Å². The highest BCUT2D eigenvalue weighted by atomic mass is 19.2. The summed E-state index contributed by atoms with van der Waals surface area (Å²) in [7, 11) is 0. The molecular formula is C30H17F7O. The van der Waals surface area contributed by atoms with Gasteiger partial charge in [-0.05, 0) is 42.1 Å². The molecule has 0 saturated carbocycles. The maximum Gasteiger partial charge on any atom is 0.195 e. The van der Waals surface area contributed by atoms with Gasteiger partial charge in [-0.15, -0.1) is 0 Å². The lowest BCUT2D eigenvalue weighted by Gasteiger charge is -2.06. The molecule has 192 valence electrons. The van der Waals surface area contributed by atoms with E-state index in [0.29, 0.717) is 13.0 Å². The highest BCUT2D eigenvalue weighted by Gasteiger charge is 2.14. The van der Waals surface area contributed by atoms with Gasteiger partial charge in [0.05, 0.1) is 17.7 Å². The van der Waals surface area contributed by atoms with Crippen molar-refractivity contribution in [3.63, 3.8) is 0 Å². The van der Waals surface area contributed by atoms with Gasteiger partial charge in [0.15, 0.2) is 17.5 Å². The highest BCUT2D eigenvalue weighted by Crippen LogP contribution is 2.24. The minimum atomic E-state index is -1.61. The third kappa shape index (κ3) is 5.76. The molecule has 0 bridgehead atoms. The van der Waals surface area contributed by atoms with Crippen molar-refractivity contribution >= 4 is 10.8 Å². The van der Waals surface area contributed by atoms with Crippen LogP contribution in [0.3, 0.4) is 0 Å². The summed E-state index contributed by atoms with van der Waals surface area (Å²) in [6.07, 6.45) is 1.56. The molecule has 0 fully saturated rings. The monoisotopic (exact) mass is 526 g/mol. The fourth-order valence-corrected chi connectivity index (χ4v) is 3.50. The lowest BCUT2D eigenvalue weighted by Crippen LogP contribution is -1.99. The van der Waals surface area contributed by atoms with Crippen LogP contribution in [0.5, 0.6) is 5.75 Å². The Labute approximate surface area is 213 Å². The first kappa shape index (κ1) is 26.6. The van der Waals surface area contributed by atoms with Crippen molar-refractivity contribution in [3.05, 3.63) is 112 Å². The quantitative estimate of drug-likeness (QED) is 0.114. The van der Waals surface area contributed by atoms with Gasteiger partial charge in [0.1, 0.15) is 29.0 Å². The Morgan fingerprint density at radius 1 is 0.605 bits per heavy atom. The Bertz CT molecular complexity index is 1620. The number of hydrogen-bond acceptors (Lipinski definition) is 1. The molecular weight excluding hydrogens is 509 g/mol. The molecule has 0 unspecified atom stereocenters. The van der Waals surface area contributed by atoms with Crippen molar-refractivity contribution in [2.45, 2.75) is 19.8 Å². The van der Waals surface area contributed by atoms with Gasteiger partial charge < -0.3 is 4.74 Å². The Morgan fingerprint density at radius 2 is 1.18 bits per heavy atom. The van der Waals surface area contributed by atoms with Gasteiger partial charge in [-0.25, -0.2) is 30.7 Å². The Balaban J connectivity index is 1.59. The number of fused-ring (bicyclic) bond motifs is 1. The highest BCUT2D eigenvalue weighted by molar-refractivity contribution is 5.84. The van der Waals surface area contributed by atoms with Gasteiger partial charge >= 0.3 is 0 Å². The predicted molar refractivity (Wildman–Crippen MR) is 129 cm³/mol. The second-order valence-electron chi connectivity index (χ2n) is 8.20. The maximum atomic E-state index is 14.6. The van der Waals surface area contributed by atoms with Crippen molar-refractivity contribution in [3.8, 4) is 29.4 Å². The van der Waals surface area contributed by atoms with E-state index in [9.17, 15) is 30.7 Å². The molecule has 4 aromatic rings. The van der Waals surface area contributed by atoms with Crippen LogP contribution in [0.15, 0.2) is 48.5 Å². The number of rotatable bonds is 4. The zero-order chi connectivity index (χ0) is 27.4. The van der Waals surface area contributed by atoms with Crippen LogP contribution in [0.25, 0.3) is 10.8 Å². The second kappa shape index (κ2) is 11.3. The summed E-state index contributed by atoms with van der Waals surface area (Å²) in [5.74, 6) is 0.899. The molecule has 0 amide bonds. The standard InChI is InChI=1S/C30H17F7O/c1-2-3-10-38-20-15-26(33)23(27(34)16-20)9-6-18-12-24(31)22(25(32)13-18)8-5-17-4-7-21-19(11-17)14-28(35)30(37)29(21)36/h4,7,11-16H,2-3,10H2,1H3. The maximum absolute atomic E-state index is 14.6. The van der Waals surface area contributed by atoms with Gasteiger partial charge in [0.2, 0.25) is 0 Å². The van der Waals surface area contributed by atoms with Crippen LogP contribution in [0.1, 0.15) is 42.0 Å². The van der Waals surface area contributed by atoms with Gasteiger partial charge in [0.25, 0.3) is 0 Å². The summed E-state index contributed by atoms with van der Waals surface area (Å²) in [5.41, 5.74) is -1.22. The van der Waals surface area contributed by atoms with Crippen molar-refractivity contribution in [2.24, 2.45) is 0 Å². The molecule has 0 heterocycles. The minimum Gasteiger partial charge on any atom is -0.493 e. The summed E-state index contributed by atoms with van der Waals surface area (Å²) in [5, 5.41) is -0.166. The third-order valence-corrected chi connectivity index (χ3v) is 5.46. The zero-order valence-corrected chi connectivity index (χ0v) is 19.8. The van der Waals surface area contributed by atoms with Crippen LogP contribution in [0, 0.1) is 64.4 Å². The van der Waals surface area contributed by atoms with Gasteiger partial charge in [-0.2, -0.15) is 0 Å². The van der Waals surface area contributed by atoms with Crippen LogP contribution in [0.2, 0.25) is 0 Å². The molecule has 1 nitrogen and oxygen atoms in total. The van der Waals surface area contributed by atoms with E-state index in [-0.39, 0.29) is 27.6 Å². The molecule has 0 aliphatic rings. The first-order valence-electron chi connectivity index (χ1n) is 11.4. The first-order valence-corrected chi connectivity index (χ1v) is 11.4. The normalized spacial score (nSPS) is 10.5. The smallest absolute Gasteiger partial charge is 0.195 e. The van der Waals surface area contributed by atoms with Gasteiger partial charge in [-0.1, -0.05) is 43.1 Å². The fraction of sp³-hybridized carbons (Fsp3) is 0.133. The van der Waals surface area contributed by atoms with E-state index in [1.807, 2.05) is 6.92 Å². The summed E-state index contributed by atoms with van der Waals surface area (Å²) < 4.78 is 104. The number of halogens is 7. The number of hydrogen-bond donors (Lipinski definition) is 0. The van der Waals surface area contributed by atoms with Crippen LogP contribution >= 0.6 is 0 Å². The topological polar surface area (TPSA) is 9.23 Å². The van der Waals surface area contributed by atoms with E-state index in [4.69, 9.17) is 4.74 Å². The van der Waals surface area contributed by atoms with E-state index in [1.165, 1.54) is 18.2 Å². The van der Waals surface area contributed by atoms with Crippen molar-refractivity contribution in [2.75, 3.05) is 6.61 Å². The molecule has 4 aromatic carbocycles. The van der Waals surface area contributed by atoms with Crippen LogP contribution in [-0.4, -0.2) is 6.61 Å². The third-order valence-electron chi connectivity index (χ3n) is 5.46. The zero-order valence-electron chi connectivity index (χ0n) is 19.8. The second-order valence-corrected chi connectivity index (χ2v) is 8.20. The lowest BCUT2D eigenvalue weighted by atomic mass is 10.1. The van der Waals surface area contributed by atoms with E-state index in [0.717, 1.165) is 36.8 Å². The molecule has 0 atom stereocenters. The molecule has 0 saturated heterocycles. The molecule has 0 spiro atoms. The van der Waals surface area contributed by atoms with Gasteiger partial charge in [0, 0.05) is 28.6 Å². The van der Waals surface area contributed by atoms with Crippen LogP contribution in [0.4, 0.5) is 30.7 Å². The summed E-state index contributed by atoms with van der Waals surface area (Å²) in [6.45, 7) is 2.24. The van der Waals surface area contributed by atoms with Crippen molar-refractivity contribution in [1.29, 1.82) is 0 Å². The summed E-state index contributed by atoms with van der Waals surface area (Å²) in [4.78, 5) is 0. The molecule has 0 aliphatic heterocycles. The van der Waals surface area contributed by atoms with E-state index in [2.05, 4.69) is 23.7 Å². The minimum absolute atomic E-state index is 0.00728. The largest absolute Gasteiger partial charge is 0.493 e. The molecule has 0 aromatic heterocycles. The number of ether oxygens (including phenoxy) is 1. The average molecular weight is 526 g/mol. The number of benzene rings is 4. The Morgan fingerprint density at radius 3 is 1.79 bits per heavy atom. The molecule has 0 radical (unpaired) electrons. The SMILES string of the molecule is CCCCOc1cc(F)c(C#Cc2cc(F)c(C#Cc3ccc4c(F)c(F)c(F)cc4c3)c(F)c2)c(F)c1. The number of unbranched alkanes of at least 4 members (excludes halogenated alkanes) is 1. The van der Waals surface area contributed by atoms with Gasteiger partial charge in [-0.3, -0.25) is 0 Å². The Hall–Kier alpha value is -4.43. The average Bonchev–Trinajstić information content (AvgIpc) is 2.86.